The maximum absolute atomic E-state index is 6.40. The summed E-state index contributed by atoms with van der Waals surface area (Å²) in [6, 6.07) is 19.2. The largest absolute Gasteiger partial charge is 0.492 e. The number of benzene rings is 3. The molecule has 1 saturated carbocycles. The first-order valence-corrected chi connectivity index (χ1v) is 8.62. The molecule has 0 bridgehead atoms. The van der Waals surface area contributed by atoms with Gasteiger partial charge in [0.2, 0.25) is 0 Å². The third-order valence-electron chi connectivity index (χ3n) is 5.23. The number of hydrogen-bond acceptors (Lipinski definition) is 1. The Morgan fingerprint density at radius 2 is 1.70 bits per heavy atom. The van der Waals surface area contributed by atoms with E-state index in [-0.39, 0.29) is 0 Å². The summed E-state index contributed by atoms with van der Waals surface area (Å²) < 4.78 is 5.97. The molecule has 2 atom stereocenters. The Morgan fingerprint density at radius 3 is 2.61 bits per heavy atom. The second kappa shape index (κ2) is 5.01. The molecule has 0 saturated heterocycles. The van der Waals surface area contributed by atoms with Crippen LogP contribution in [0.25, 0.3) is 10.8 Å². The quantitative estimate of drug-likeness (QED) is 0.588. The van der Waals surface area contributed by atoms with E-state index < -0.39 is 0 Å². The average Bonchev–Trinajstić information content (AvgIpc) is 3.20. The van der Waals surface area contributed by atoms with Crippen LogP contribution >= 0.6 is 11.6 Å². The van der Waals surface area contributed by atoms with Crippen LogP contribution in [0.15, 0.2) is 54.6 Å². The maximum atomic E-state index is 6.40. The van der Waals surface area contributed by atoms with Crippen molar-refractivity contribution in [1.82, 2.24) is 0 Å². The van der Waals surface area contributed by atoms with Crippen LogP contribution in [0.5, 0.6) is 5.75 Å². The van der Waals surface area contributed by atoms with Crippen LogP contribution in [0.1, 0.15) is 34.9 Å². The van der Waals surface area contributed by atoms with Crippen molar-refractivity contribution in [2.45, 2.75) is 24.7 Å². The Hall–Kier alpha value is -1.99. The zero-order valence-electron chi connectivity index (χ0n) is 12.8. The zero-order valence-corrected chi connectivity index (χ0v) is 13.5. The second-order valence-electron chi connectivity index (χ2n) is 6.56. The molecule has 23 heavy (non-hydrogen) atoms. The van der Waals surface area contributed by atoms with Gasteiger partial charge in [-0.25, -0.2) is 0 Å². The Morgan fingerprint density at radius 1 is 0.913 bits per heavy atom. The Labute approximate surface area is 140 Å². The molecular weight excluding hydrogens is 304 g/mol. The van der Waals surface area contributed by atoms with Gasteiger partial charge in [0.05, 0.1) is 6.61 Å². The molecular formula is C21H17ClO. The summed E-state index contributed by atoms with van der Waals surface area (Å²) in [5.41, 5.74) is 4.18. The monoisotopic (exact) mass is 320 g/mol. The first kappa shape index (κ1) is 13.4. The SMILES string of the molecule is Clc1ccccc1[C@H]1C[C@H]1c1cc2ccccc2c2c1CCO2. The van der Waals surface area contributed by atoms with Gasteiger partial charge in [-0.1, -0.05) is 60.1 Å². The molecule has 0 unspecified atom stereocenters. The number of rotatable bonds is 2. The molecule has 1 fully saturated rings. The fraction of sp³-hybridized carbons (Fsp3) is 0.238. The van der Waals surface area contributed by atoms with Crippen LogP contribution in [0.2, 0.25) is 5.02 Å². The van der Waals surface area contributed by atoms with E-state index in [0.29, 0.717) is 11.8 Å². The molecule has 2 heteroatoms. The predicted octanol–water partition coefficient (Wildman–Crippen LogP) is 5.70. The van der Waals surface area contributed by atoms with Crippen LogP contribution < -0.4 is 4.74 Å². The zero-order chi connectivity index (χ0) is 15.4. The van der Waals surface area contributed by atoms with Crippen LogP contribution in [-0.2, 0) is 6.42 Å². The van der Waals surface area contributed by atoms with Crippen molar-refractivity contribution in [3.63, 3.8) is 0 Å². The van der Waals surface area contributed by atoms with Gasteiger partial charge in [0.15, 0.2) is 0 Å². The highest BCUT2D eigenvalue weighted by molar-refractivity contribution is 6.31. The van der Waals surface area contributed by atoms with Gasteiger partial charge in [0.1, 0.15) is 5.75 Å². The minimum absolute atomic E-state index is 0.551. The van der Waals surface area contributed by atoms with E-state index >= 15 is 0 Å². The molecule has 0 N–H and O–H groups in total. The highest BCUT2D eigenvalue weighted by Gasteiger charge is 2.42. The molecule has 3 aromatic carbocycles. The van der Waals surface area contributed by atoms with Crippen molar-refractivity contribution in [3.8, 4) is 5.75 Å². The molecule has 3 aromatic rings. The van der Waals surface area contributed by atoms with E-state index in [0.717, 1.165) is 23.8 Å². The van der Waals surface area contributed by atoms with Crippen molar-refractivity contribution >= 4 is 22.4 Å². The summed E-state index contributed by atoms with van der Waals surface area (Å²) in [4.78, 5) is 0. The van der Waals surface area contributed by atoms with Crippen molar-refractivity contribution in [2.24, 2.45) is 0 Å². The molecule has 114 valence electrons. The van der Waals surface area contributed by atoms with E-state index in [1.165, 1.54) is 33.9 Å². The summed E-state index contributed by atoms with van der Waals surface area (Å²) in [6.45, 7) is 0.805. The Bertz CT molecular complexity index is 915. The Balaban J connectivity index is 1.61. The van der Waals surface area contributed by atoms with Gasteiger partial charge >= 0.3 is 0 Å². The van der Waals surface area contributed by atoms with Crippen molar-refractivity contribution in [1.29, 1.82) is 0 Å². The topological polar surface area (TPSA) is 9.23 Å². The van der Waals surface area contributed by atoms with Crippen LogP contribution in [0.3, 0.4) is 0 Å². The third-order valence-corrected chi connectivity index (χ3v) is 5.58. The molecule has 0 aromatic heterocycles. The molecule has 1 heterocycles. The van der Waals surface area contributed by atoms with Gasteiger partial charge in [-0.15, -0.1) is 0 Å². The minimum atomic E-state index is 0.551. The fourth-order valence-electron chi connectivity index (χ4n) is 4.04. The fourth-order valence-corrected chi connectivity index (χ4v) is 4.32. The number of halogens is 1. The first-order valence-electron chi connectivity index (χ1n) is 8.24. The summed E-state index contributed by atoms with van der Waals surface area (Å²) in [6.07, 6.45) is 2.22. The molecule has 1 aliphatic carbocycles. The smallest absolute Gasteiger partial charge is 0.130 e. The van der Waals surface area contributed by atoms with Crippen LogP contribution in [0, 0.1) is 0 Å². The maximum Gasteiger partial charge on any atom is 0.130 e. The Kier molecular flexibility index (Phi) is 2.93. The van der Waals surface area contributed by atoms with Gasteiger partial charge in [0, 0.05) is 22.4 Å². The van der Waals surface area contributed by atoms with E-state index in [2.05, 4.69) is 42.5 Å². The number of hydrogen-bond donors (Lipinski definition) is 0. The highest BCUT2D eigenvalue weighted by atomic mass is 35.5. The molecule has 2 aliphatic rings. The normalized spacial score (nSPS) is 22.0. The molecule has 1 nitrogen and oxygen atoms in total. The molecule has 0 amide bonds. The van der Waals surface area contributed by atoms with Crippen LogP contribution in [0.4, 0.5) is 0 Å². The van der Waals surface area contributed by atoms with Crippen LogP contribution in [-0.4, -0.2) is 6.61 Å². The molecule has 1 aliphatic heterocycles. The lowest BCUT2D eigenvalue weighted by Gasteiger charge is -2.11. The summed E-state index contributed by atoms with van der Waals surface area (Å²) in [7, 11) is 0. The van der Waals surface area contributed by atoms with Gasteiger partial charge < -0.3 is 4.74 Å². The van der Waals surface area contributed by atoms with E-state index in [1.54, 1.807) is 0 Å². The molecule has 0 radical (unpaired) electrons. The standard InChI is InChI=1S/C21H17ClO/c22-20-8-4-3-7-15(20)18-12-19(18)17-11-13-5-1-2-6-14(13)21-16(17)9-10-23-21/h1-8,11,18-19H,9-10,12H2/t18-,19+/m1/s1. The lowest BCUT2D eigenvalue weighted by atomic mass is 9.94. The number of fused-ring (bicyclic) bond motifs is 3. The van der Waals surface area contributed by atoms with Gasteiger partial charge in [-0.3, -0.25) is 0 Å². The minimum Gasteiger partial charge on any atom is -0.492 e. The van der Waals surface area contributed by atoms with E-state index in [4.69, 9.17) is 16.3 Å². The van der Waals surface area contributed by atoms with Gasteiger partial charge in [0.25, 0.3) is 0 Å². The second-order valence-corrected chi connectivity index (χ2v) is 6.97. The third kappa shape index (κ3) is 2.07. The average molecular weight is 321 g/mol. The number of ether oxygens (including phenoxy) is 1. The van der Waals surface area contributed by atoms with Crippen molar-refractivity contribution in [3.05, 3.63) is 76.3 Å². The summed E-state index contributed by atoms with van der Waals surface area (Å²) in [5, 5.41) is 3.43. The van der Waals surface area contributed by atoms with E-state index in [1.807, 2.05) is 12.1 Å². The van der Waals surface area contributed by atoms with Gasteiger partial charge in [-0.2, -0.15) is 0 Å². The van der Waals surface area contributed by atoms with Crippen molar-refractivity contribution in [2.75, 3.05) is 6.61 Å². The lowest BCUT2D eigenvalue weighted by molar-refractivity contribution is 0.360. The summed E-state index contributed by atoms with van der Waals surface area (Å²) in [5.74, 6) is 2.24. The lowest BCUT2D eigenvalue weighted by Crippen LogP contribution is -1.92. The van der Waals surface area contributed by atoms with Crippen molar-refractivity contribution < 1.29 is 4.74 Å². The predicted molar refractivity (Wildman–Crippen MR) is 94.7 cm³/mol. The molecule has 5 rings (SSSR count). The summed E-state index contributed by atoms with van der Waals surface area (Å²) >= 11 is 6.40. The van der Waals surface area contributed by atoms with Gasteiger partial charge in [-0.05, 0) is 40.8 Å². The van der Waals surface area contributed by atoms with E-state index in [9.17, 15) is 0 Å². The first-order chi connectivity index (χ1) is 11.3. The molecule has 0 spiro atoms. The highest BCUT2D eigenvalue weighted by Crippen LogP contribution is 2.58.